The molecular formula is C12H19Cl2NS. The van der Waals surface area contributed by atoms with Crippen LogP contribution in [0, 0.1) is 5.92 Å². The summed E-state index contributed by atoms with van der Waals surface area (Å²) in [5.74, 6) is 0.693. The summed E-state index contributed by atoms with van der Waals surface area (Å²) < 4.78 is 1.59. The van der Waals surface area contributed by atoms with Crippen LogP contribution in [0.15, 0.2) is 6.07 Å². The Morgan fingerprint density at radius 3 is 2.50 bits per heavy atom. The first-order chi connectivity index (χ1) is 7.58. The minimum atomic E-state index is 0.330. The topological polar surface area (TPSA) is 12.0 Å². The normalized spacial score (nSPS) is 15.1. The third-order valence-corrected chi connectivity index (χ3v) is 4.36. The smallest absolute Gasteiger partial charge is 0.0991 e. The molecule has 4 heteroatoms. The molecule has 16 heavy (non-hydrogen) atoms. The summed E-state index contributed by atoms with van der Waals surface area (Å²) in [4.78, 5) is 0. The van der Waals surface area contributed by atoms with Crippen LogP contribution in [0.1, 0.15) is 45.2 Å². The molecule has 0 bridgehead atoms. The Hall–Kier alpha value is 0.240. The Balaban J connectivity index is 2.80. The van der Waals surface area contributed by atoms with E-state index in [1.807, 2.05) is 6.07 Å². The molecule has 0 aliphatic heterocycles. The van der Waals surface area contributed by atoms with Crippen LogP contribution in [0.3, 0.4) is 0 Å². The fourth-order valence-electron chi connectivity index (χ4n) is 1.73. The number of hydrogen-bond donors (Lipinski definition) is 1. The molecule has 1 aromatic rings. The molecule has 1 aromatic heterocycles. The van der Waals surface area contributed by atoms with Crippen LogP contribution in [-0.2, 0) is 0 Å². The Morgan fingerprint density at radius 1 is 1.38 bits per heavy atom. The van der Waals surface area contributed by atoms with Gasteiger partial charge in [-0.3, -0.25) is 0 Å². The van der Waals surface area contributed by atoms with Gasteiger partial charge in [0.05, 0.1) is 8.67 Å². The molecule has 2 atom stereocenters. The second kappa shape index (κ2) is 6.85. The molecule has 0 aliphatic carbocycles. The third-order valence-electron chi connectivity index (χ3n) is 2.84. The number of nitrogens with one attached hydrogen (secondary N) is 1. The van der Waals surface area contributed by atoms with Crippen molar-refractivity contribution in [2.75, 3.05) is 6.54 Å². The van der Waals surface area contributed by atoms with Crippen molar-refractivity contribution in [3.63, 3.8) is 0 Å². The fourth-order valence-corrected chi connectivity index (χ4v) is 3.31. The van der Waals surface area contributed by atoms with Crippen molar-refractivity contribution in [1.29, 1.82) is 0 Å². The highest BCUT2D eigenvalue weighted by Crippen LogP contribution is 2.37. The number of rotatable bonds is 6. The monoisotopic (exact) mass is 279 g/mol. The molecule has 0 aromatic carbocycles. The van der Waals surface area contributed by atoms with E-state index in [1.54, 1.807) is 0 Å². The second-order valence-corrected chi connectivity index (χ2v) is 6.42. The molecule has 1 heterocycles. The van der Waals surface area contributed by atoms with Crippen molar-refractivity contribution in [2.24, 2.45) is 5.92 Å². The quantitative estimate of drug-likeness (QED) is 0.760. The molecule has 0 aliphatic rings. The van der Waals surface area contributed by atoms with Gasteiger partial charge in [0.15, 0.2) is 0 Å². The van der Waals surface area contributed by atoms with E-state index in [1.165, 1.54) is 17.8 Å². The van der Waals surface area contributed by atoms with Gasteiger partial charge in [-0.25, -0.2) is 0 Å². The van der Waals surface area contributed by atoms with Crippen LogP contribution in [-0.4, -0.2) is 6.54 Å². The van der Waals surface area contributed by atoms with Gasteiger partial charge in [-0.15, -0.1) is 11.3 Å². The summed E-state index contributed by atoms with van der Waals surface area (Å²) >= 11 is 13.6. The lowest BCUT2D eigenvalue weighted by Crippen LogP contribution is -2.22. The second-order valence-electron chi connectivity index (χ2n) is 4.14. The number of halogens is 2. The summed E-state index contributed by atoms with van der Waals surface area (Å²) in [6, 6.07) is 2.32. The Bertz CT molecular complexity index is 325. The van der Waals surface area contributed by atoms with Crippen LogP contribution < -0.4 is 5.32 Å². The van der Waals surface area contributed by atoms with E-state index in [4.69, 9.17) is 23.2 Å². The minimum Gasteiger partial charge on any atom is -0.310 e. The van der Waals surface area contributed by atoms with Gasteiger partial charge in [0.1, 0.15) is 0 Å². The zero-order chi connectivity index (χ0) is 12.1. The van der Waals surface area contributed by atoms with Gasteiger partial charge in [-0.2, -0.15) is 0 Å². The average Bonchev–Trinajstić information content (AvgIpc) is 2.57. The van der Waals surface area contributed by atoms with E-state index >= 15 is 0 Å². The zero-order valence-electron chi connectivity index (χ0n) is 10.0. The molecule has 0 amide bonds. The summed E-state index contributed by atoms with van der Waals surface area (Å²) in [5, 5.41) is 3.48. The van der Waals surface area contributed by atoms with E-state index in [0.717, 1.165) is 27.2 Å². The molecular weight excluding hydrogens is 261 g/mol. The van der Waals surface area contributed by atoms with Crippen LogP contribution in [0.5, 0.6) is 0 Å². The van der Waals surface area contributed by atoms with Crippen molar-refractivity contribution in [2.45, 2.75) is 39.7 Å². The molecule has 0 spiro atoms. The SMILES string of the molecule is CCNC(CC(C)CC)c1cc(Cl)sc1Cl. The van der Waals surface area contributed by atoms with Gasteiger partial charge in [0, 0.05) is 11.6 Å². The number of thiophene rings is 1. The van der Waals surface area contributed by atoms with Crippen molar-refractivity contribution >= 4 is 34.5 Å². The predicted molar refractivity (Wildman–Crippen MR) is 74.8 cm³/mol. The Kier molecular flexibility index (Phi) is 6.12. The Labute approximate surface area is 112 Å². The first kappa shape index (κ1) is 14.3. The van der Waals surface area contributed by atoms with Crippen molar-refractivity contribution < 1.29 is 0 Å². The van der Waals surface area contributed by atoms with Gasteiger partial charge >= 0.3 is 0 Å². The van der Waals surface area contributed by atoms with Crippen LogP contribution in [0.4, 0.5) is 0 Å². The maximum atomic E-state index is 6.20. The van der Waals surface area contributed by atoms with Crippen LogP contribution in [0.25, 0.3) is 0 Å². The molecule has 1 N–H and O–H groups in total. The largest absolute Gasteiger partial charge is 0.310 e. The predicted octanol–water partition coefficient (Wildman–Crippen LogP) is 5.14. The van der Waals surface area contributed by atoms with E-state index in [-0.39, 0.29) is 0 Å². The minimum absolute atomic E-state index is 0.330. The van der Waals surface area contributed by atoms with Gasteiger partial charge in [-0.05, 0) is 24.9 Å². The lowest BCUT2D eigenvalue weighted by molar-refractivity contribution is 0.409. The lowest BCUT2D eigenvalue weighted by Gasteiger charge is -2.20. The number of hydrogen-bond acceptors (Lipinski definition) is 2. The molecule has 1 rings (SSSR count). The van der Waals surface area contributed by atoms with E-state index in [0.29, 0.717) is 12.0 Å². The van der Waals surface area contributed by atoms with Crippen molar-refractivity contribution in [3.05, 3.63) is 20.3 Å². The summed E-state index contributed by atoms with van der Waals surface area (Å²) in [5.41, 5.74) is 1.15. The highest BCUT2D eigenvalue weighted by Gasteiger charge is 2.18. The van der Waals surface area contributed by atoms with Crippen LogP contribution in [0.2, 0.25) is 8.67 Å². The standard InChI is InChI=1S/C12H19Cl2NS/c1-4-8(3)6-10(15-5-2)9-7-11(13)16-12(9)14/h7-8,10,15H,4-6H2,1-3H3. The van der Waals surface area contributed by atoms with Gasteiger partial charge in [0.25, 0.3) is 0 Å². The molecule has 1 nitrogen and oxygen atoms in total. The first-order valence-electron chi connectivity index (χ1n) is 5.76. The highest BCUT2D eigenvalue weighted by atomic mass is 35.5. The molecule has 92 valence electrons. The summed E-state index contributed by atoms with van der Waals surface area (Å²) in [7, 11) is 0. The van der Waals surface area contributed by atoms with Crippen molar-refractivity contribution in [1.82, 2.24) is 5.32 Å². The van der Waals surface area contributed by atoms with Crippen molar-refractivity contribution in [3.8, 4) is 0 Å². The lowest BCUT2D eigenvalue weighted by atomic mass is 9.96. The zero-order valence-corrected chi connectivity index (χ0v) is 12.3. The molecule has 2 unspecified atom stereocenters. The third kappa shape index (κ3) is 3.92. The van der Waals surface area contributed by atoms with Gasteiger partial charge in [-0.1, -0.05) is 50.4 Å². The van der Waals surface area contributed by atoms with Crippen LogP contribution >= 0.6 is 34.5 Å². The highest BCUT2D eigenvalue weighted by molar-refractivity contribution is 7.20. The average molecular weight is 280 g/mol. The van der Waals surface area contributed by atoms with Gasteiger partial charge in [0.2, 0.25) is 0 Å². The first-order valence-corrected chi connectivity index (χ1v) is 7.33. The molecule has 0 saturated carbocycles. The fraction of sp³-hybridized carbons (Fsp3) is 0.667. The Morgan fingerprint density at radius 2 is 2.06 bits per heavy atom. The van der Waals surface area contributed by atoms with E-state index in [9.17, 15) is 0 Å². The molecule has 0 fully saturated rings. The molecule has 0 saturated heterocycles. The molecule has 0 radical (unpaired) electrons. The summed E-state index contributed by atoms with van der Waals surface area (Å²) in [6.45, 7) is 7.55. The maximum absolute atomic E-state index is 6.20. The maximum Gasteiger partial charge on any atom is 0.0991 e. The van der Waals surface area contributed by atoms with E-state index in [2.05, 4.69) is 26.1 Å². The summed E-state index contributed by atoms with van der Waals surface area (Å²) in [6.07, 6.45) is 2.30. The van der Waals surface area contributed by atoms with Gasteiger partial charge < -0.3 is 5.32 Å². The van der Waals surface area contributed by atoms with E-state index < -0.39 is 0 Å².